The summed E-state index contributed by atoms with van der Waals surface area (Å²) in [5.74, 6) is 1.76. The van der Waals surface area contributed by atoms with Gasteiger partial charge in [0, 0.05) is 43.1 Å². The van der Waals surface area contributed by atoms with Crippen LogP contribution >= 0.6 is 0 Å². The van der Waals surface area contributed by atoms with Crippen LogP contribution in [-0.4, -0.2) is 45.3 Å². The van der Waals surface area contributed by atoms with Gasteiger partial charge in [0.25, 0.3) is 5.78 Å². The quantitative estimate of drug-likeness (QED) is 0.742. The molecule has 0 saturated carbocycles. The Labute approximate surface area is 141 Å². The van der Waals surface area contributed by atoms with Gasteiger partial charge in [-0.3, -0.25) is 0 Å². The molecule has 1 fully saturated rings. The Morgan fingerprint density at radius 1 is 1.17 bits per heavy atom. The first-order valence-corrected chi connectivity index (χ1v) is 8.50. The number of aromatic nitrogens is 4. The van der Waals surface area contributed by atoms with E-state index in [1.807, 2.05) is 11.4 Å². The van der Waals surface area contributed by atoms with Crippen LogP contribution in [-0.2, 0) is 0 Å². The number of nitrogens with zero attached hydrogens (tertiary/aromatic N) is 6. The van der Waals surface area contributed by atoms with Crippen LogP contribution in [0.25, 0.3) is 5.78 Å². The van der Waals surface area contributed by atoms with Gasteiger partial charge in [-0.05, 0) is 25.5 Å². The largest absolute Gasteiger partial charge is 0.368 e. The van der Waals surface area contributed by atoms with Gasteiger partial charge < -0.3 is 9.80 Å². The maximum atomic E-state index is 4.46. The van der Waals surface area contributed by atoms with Crippen molar-refractivity contribution in [3.05, 3.63) is 48.4 Å². The maximum Gasteiger partial charge on any atom is 0.254 e. The van der Waals surface area contributed by atoms with Crippen molar-refractivity contribution in [3.63, 3.8) is 0 Å². The predicted octanol–water partition coefficient (Wildman–Crippen LogP) is 2.54. The number of hydrogen-bond acceptors (Lipinski definition) is 5. The Morgan fingerprint density at radius 3 is 2.79 bits per heavy atom. The minimum atomic E-state index is 0.438. The summed E-state index contributed by atoms with van der Waals surface area (Å²) >= 11 is 0. The number of anilines is 2. The Bertz CT molecular complexity index is 828. The molecule has 24 heavy (non-hydrogen) atoms. The Kier molecular flexibility index (Phi) is 3.80. The van der Waals surface area contributed by atoms with E-state index in [1.54, 1.807) is 6.33 Å². The van der Waals surface area contributed by atoms with Crippen molar-refractivity contribution in [1.82, 2.24) is 19.6 Å². The van der Waals surface area contributed by atoms with Crippen molar-refractivity contribution in [1.29, 1.82) is 0 Å². The summed E-state index contributed by atoms with van der Waals surface area (Å²) in [6.45, 7) is 7.24. The highest BCUT2D eigenvalue weighted by molar-refractivity contribution is 5.52. The molecule has 3 heterocycles. The fourth-order valence-corrected chi connectivity index (χ4v) is 3.50. The molecule has 0 spiro atoms. The van der Waals surface area contributed by atoms with Crippen LogP contribution in [0, 0.1) is 6.92 Å². The standard InChI is InChI=1S/C18H22N6/c1-3-15-12-22(16-7-5-4-6-8-16)9-10-23(15)17-11-14(2)21-18-19-13-20-24(17)18/h4-8,11,13,15H,3,9-10,12H2,1-2H3/t15-/m1/s1. The molecule has 1 aliphatic rings. The molecule has 0 radical (unpaired) electrons. The van der Waals surface area contributed by atoms with Crippen LogP contribution in [0.5, 0.6) is 0 Å². The molecule has 0 aliphatic carbocycles. The second kappa shape index (κ2) is 6.11. The number of para-hydroxylation sites is 1. The molecule has 6 heteroatoms. The lowest BCUT2D eigenvalue weighted by Crippen LogP contribution is -2.53. The van der Waals surface area contributed by atoms with Crippen molar-refractivity contribution in [3.8, 4) is 0 Å². The molecule has 2 aromatic heterocycles. The first-order chi connectivity index (χ1) is 11.8. The molecule has 0 unspecified atom stereocenters. The zero-order valence-corrected chi connectivity index (χ0v) is 14.1. The summed E-state index contributed by atoms with van der Waals surface area (Å²) in [6.07, 6.45) is 2.66. The van der Waals surface area contributed by atoms with Gasteiger partial charge in [0.05, 0.1) is 0 Å². The molecule has 1 aromatic carbocycles. The number of benzene rings is 1. The molecule has 0 amide bonds. The summed E-state index contributed by atoms with van der Waals surface area (Å²) in [6, 6.07) is 13.2. The van der Waals surface area contributed by atoms with E-state index in [0.29, 0.717) is 11.8 Å². The summed E-state index contributed by atoms with van der Waals surface area (Å²) in [5, 5.41) is 4.37. The molecule has 1 aliphatic heterocycles. The van der Waals surface area contributed by atoms with Crippen molar-refractivity contribution >= 4 is 17.3 Å². The second-order valence-corrected chi connectivity index (χ2v) is 6.26. The van der Waals surface area contributed by atoms with Gasteiger partial charge >= 0.3 is 0 Å². The molecule has 3 aromatic rings. The average Bonchev–Trinajstić information content (AvgIpc) is 3.09. The first-order valence-electron chi connectivity index (χ1n) is 8.50. The van der Waals surface area contributed by atoms with Gasteiger partial charge in [0.1, 0.15) is 12.1 Å². The molecule has 0 N–H and O–H groups in total. The van der Waals surface area contributed by atoms with Gasteiger partial charge in [-0.15, -0.1) is 0 Å². The van der Waals surface area contributed by atoms with Crippen LogP contribution in [0.2, 0.25) is 0 Å². The molecule has 1 atom stereocenters. The number of aryl methyl sites for hydroxylation is 1. The highest BCUT2D eigenvalue weighted by Gasteiger charge is 2.28. The molecular formula is C18H22N6. The summed E-state index contributed by atoms with van der Waals surface area (Å²) in [4.78, 5) is 13.6. The van der Waals surface area contributed by atoms with Gasteiger partial charge in [0.15, 0.2) is 0 Å². The minimum Gasteiger partial charge on any atom is -0.368 e. The highest BCUT2D eigenvalue weighted by Crippen LogP contribution is 2.25. The van der Waals surface area contributed by atoms with Crippen LogP contribution in [0.3, 0.4) is 0 Å². The summed E-state index contributed by atoms with van der Waals surface area (Å²) in [5.41, 5.74) is 2.28. The van der Waals surface area contributed by atoms with Crippen molar-refractivity contribution in [2.75, 3.05) is 29.4 Å². The number of fused-ring (bicyclic) bond motifs is 1. The lowest BCUT2D eigenvalue weighted by molar-refractivity contribution is 0.501. The Morgan fingerprint density at radius 2 is 2.00 bits per heavy atom. The summed E-state index contributed by atoms with van der Waals surface area (Å²) in [7, 11) is 0. The van der Waals surface area contributed by atoms with Gasteiger partial charge in [0.2, 0.25) is 0 Å². The highest BCUT2D eigenvalue weighted by atomic mass is 15.4. The monoisotopic (exact) mass is 322 g/mol. The van der Waals surface area contributed by atoms with E-state index in [4.69, 9.17) is 0 Å². The Hall–Kier alpha value is -2.63. The van der Waals surface area contributed by atoms with Crippen LogP contribution in [0.1, 0.15) is 19.0 Å². The third-order valence-electron chi connectivity index (χ3n) is 4.73. The SMILES string of the molecule is CC[C@@H]1CN(c2ccccc2)CCN1c1cc(C)nc2ncnn12. The van der Waals surface area contributed by atoms with Crippen LogP contribution in [0.15, 0.2) is 42.7 Å². The van der Waals surface area contributed by atoms with E-state index in [1.165, 1.54) is 5.69 Å². The zero-order chi connectivity index (χ0) is 16.5. The fraction of sp³-hybridized carbons (Fsp3) is 0.389. The van der Waals surface area contributed by atoms with E-state index in [-0.39, 0.29) is 0 Å². The van der Waals surface area contributed by atoms with Crippen molar-refractivity contribution in [2.24, 2.45) is 0 Å². The van der Waals surface area contributed by atoms with Crippen LogP contribution < -0.4 is 9.80 Å². The third kappa shape index (κ3) is 2.58. The van der Waals surface area contributed by atoms with E-state index in [0.717, 1.165) is 37.6 Å². The van der Waals surface area contributed by atoms with Gasteiger partial charge in [-0.2, -0.15) is 14.6 Å². The molecule has 124 valence electrons. The smallest absolute Gasteiger partial charge is 0.254 e. The van der Waals surface area contributed by atoms with Gasteiger partial charge in [-0.25, -0.2) is 4.98 Å². The molecule has 1 saturated heterocycles. The van der Waals surface area contributed by atoms with Gasteiger partial charge in [-0.1, -0.05) is 25.1 Å². The lowest BCUT2D eigenvalue weighted by atomic mass is 10.1. The maximum absolute atomic E-state index is 4.46. The molecule has 4 rings (SSSR count). The van der Waals surface area contributed by atoms with E-state index < -0.39 is 0 Å². The minimum absolute atomic E-state index is 0.438. The first kappa shape index (κ1) is 14.9. The molecule has 6 nitrogen and oxygen atoms in total. The number of piperazine rings is 1. The third-order valence-corrected chi connectivity index (χ3v) is 4.73. The molecular weight excluding hydrogens is 300 g/mol. The number of hydrogen-bond donors (Lipinski definition) is 0. The second-order valence-electron chi connectivity index (χ2n) is 6.26. The number of rotatable bonds is 3. The van der Waals surface area contributed by atoms with Crippen LogP contribution in [0.4, 0.5) is 11.5 Å². The van der Waals surface area contributed by atoms with E-state index in [9.17, 15) is 0 Å². The van der Waals surface area contributed by atoms with Crippen molar-refractivity contribution < 1.29 is 0 Å². The lowest BCUT2D eigenvalue weighted by Gasteiger charge is -2.43. The van der Waals surface area contributed by atoms with Crippen molar-refractivity contribution in [2.45, 2.75) is 26.3 Å². The van der Waals surface area contributed by atoms with E-state index >= 15 is 0 Å². The van der Waals surface area contributed by atoms with E-state index in [2.05, 4.69) is 68.2 Å². The average molecular weight is 322 g/mol. The summed E-state index contributed by atoms with van der Waals surface area (Å²) < 4.78 is 1.85. The fourth-order valence-electron chi connectivity index (χ4n) is 3.50. The normalized spacial score (nSPS) is 18.3. The zero-order valence-electron chi connectivity index (χ0n) is 14.1. The topological polar surface area (TPSA) is 49.6 Å². The molecule has 0 bridgehead atoms. The predicted molar refractivity (Wildman–Crippen MR) is 95.6 cm³/mol. The Balaban J connectivity index is 1.65.